The minimum atomic E-state index is -0.0313. The summed E-state index contributed by atoms with van der Waals surface area (Å²) in [7, 11) is 1.91. The molecule has 0 bridgehead atoms. The van der Waals surface area contributed by atoms with Crippen molar-refractivity contribution in [3.63, 3.8) is 0 Å². The van der Waals surface area contributed by atoms with E-state index in [4.69, 9.17) is 4.98 Å². The van der Waals surface area contributed by atoms with Crippen LogP contribution in [0.1, 0.15) is 51.3 Å². The van der Waals surface area contributed by atoms with E-state index in [-0.39, 0.29) is 16.6 Å². The lowest BCUT2D eigenvalue weighted by atomic mass is 9.75. The number of rotatable bonds is 2. The summed E-state index contributed by atoms with van der Waals surface area (Å²) in [5, 5.41) is 9.20. The Morgan fingerprint density at radius 1 is 1.10 bits per heavy atom. The van der Waals surface area contributed by atoms with Gasteiger partial charge < -0.3 is 5.32 Å². The third-order valence-corrected chi connectivity index (χ3v) is 7.04. The molecule has 0 aliphatic carbocycles. The first kappa shape index (κ1) is 19.5. The summed E-state index contributed by atoms with van der Waals surface area (Å²) in [5.74, 6) is 0.414. The van der Waals surface area contributed by atoms with Gasteiger partial charge in [0.15, 0.2) is 4.96 Å². The molecule has 0 spiro atoms. The number of nitrogens with zero attached hydrogens (tertiary/aromatic N) is 4. The number of aromatic nitrogens is 4. The third kappa shape index (κ3) is 3.46. The van der Waals surface area contributed by atoms with Crippen molar-refractivity contribution in [3.8, 4) is 11.3 Å². The van der Waals surface area contributed by atoms with Crippen molar-refractivity contribution in [2.75, 3.05) is 0 Å². The van der Waals surface area contributed by atoms with Gasteiger partial charge in [-0.2, -0.15) is 5.10 Å². The van der Waals surface area contributed by atoms with Gasteiger partial charge in [0.05, 0.1) is 11.2 Å². The standard InChI is InChI=1S/C23H27N5OS/c1-22(2)10-16(11-23(3,4)26-22)19-13-28-20(29)9-18(24-21(28)30-19)14-6-7-17-15(8-14)12-27(5)25-17/h6-9,12-13,16,26H,10-11H2,1-5H3. The highest BCUT2D eigenvalue weighted by Crippen LogP contribution is 2.41. The number of hydrogen-bond acceptors (Lipinski definition) is 5. The van der Waals surface area contributed by atoms with E-state index >= 15 is 0 Å². The van der Waals surface area contributed by atoms with Crippen molar-refractivity contribution in [2.45, 2.75) is 57.5 Å². The van der Waals surface area contributed by atoms with Crippen LogP contribution < -0.4 is 10.9 Å². The Hall–Kier alpha value is -2.51. The predicted octanol–water partition coefficient (Wildman–Crippen LogP) is 4.33. The van der Waals surface area contributed by atoms with Crippen LogP contribution in [0.2, 0.25) is 0 Å². The molecule has 0 amide bonds. The van der Waals surface area contributed by atoms with Gasteiger partial charge in [-0.15, -0.1) is 11.3 Å². The van der Waals surface area contributed by atoms with Gasteiger partial charge >= 0.3 is 0 Å². The molecule has 156 valence electrons. The average molecular weight is 422 g/mol. The van der Waals surface area contributed by atoms with E-state index in [2.05, 4.69) is 38.1 Å². The smallest absolute Gasteiger partial charge is 0.259 e. The number of benzene rings is 1. The van der Waals surface area contributed by atoms with Crippen molar-refractivity contribution in [1.29, 1.82) is 0 Å². The number of hydrogen-bond donors (Lipinski definition) is 1. The van der Waals surface area contributed by atoms with E-state index in [0.29, 0.717) is 11.6 Å². The zero-order valence-corrected chi connectivity index (χ0v) is 18.9. The van der Waals surface area contributed by atoms with Crippen molar-refractivity contribution in [1.82, 2.24) is 24.5 Å². The Bertz CT molecular complexity index is 1310. The molecule has 1 saturated heterocycles. The second-order valence-corrected chi connectivity index (χ2v) is 10.9. The molecule has 1 fully saturated rings. The van der Waals surface area contributed by atoms with Crippen LogP contribution in [-0.2, 0) is 7.05 Å². The fourth-order valence-corrected chi connectivity index (χ4v) is 6.18. The molecule has 1 aromatic carbocycles. The first-order valence-corrected chi connectivity index (χ1v) is 11.2. The second kappa shape index (κ2) is 6.49. The number of thiazole rings is 1. The van der Waals surface area contributed by atoms with Crippen LogP contribution in [0.15, 0.2) is 41.5 Å². The molecule has 4 aromatic rings. The summed E-state index contributed by atoms with van der Waals surface area (Å²) in [6.45, 7) is 9.02. The quantitative estimate of drug-likeness (QED) is 0.523. The van der Waals surface area contributed by atoms with Crippen LogP contribution in [-0.4, -0.2) is 30.2 Å². The van der Waals surface area contributed by atoms with E-state index in [9.17, 15) is 4.79 Å². The lowest BCUT2D eigenvalue weighted by Crippen LogP contribution is -2.57. The summed E-state index contributed by atoms with van der Waals surface area (Å²) in [6.07, 6.45) is 6.07. The van der Waals surface area contributed by atoms with Crippen LogP contribution in [0, 0.1) is 0 Å². The van der Waals surface area contributed by atoms with Gasteiger partial charge in [0.1, 0.15) is 0 Å². The third-order valence-electron chi connectivity index (χ3n) is 5.89. The molecule has 1 N–H and O–H groups in total. The maximum atomic E-state index is 12.9. The van der Waals surface area contributed by atoms with E-state index in [1.165, 1.54) is 4.88 Å². The first-order valence-electron chi connectivity index (χ1n) is 10.3. The maximum absolute atomic E-state index is 12.9. The van der Waals surface area contributed by atoms with Gasteiger partial charge in [0.2, 0.25) is 0 Å². The minimum Gasteiger partial charge on any atom is -0.307 e. The number of piperidine rings is 1. The minimum absolute atomic E-state index is 0.0313. The Kier molecular flexibility index (Phi) is 4.21. The predicted molar refractivity (Wildman–Crippen MR) is 122 cm³/mol. The molecule has 5 rings (SSSR count). The SMILES string of the molecule is Cn1cc2cc(-c3cc(=O)n4cc(C5CC(C)(C)NC(C)(C)C5)sc4n3)ccc2n1. The summed E-state index contributed by atoms with van der Waals surface area (Å²) in [5.41, 5.74) is 2.68. The molecule has 1 aliphatic heterocycles. The van der Waals surface area contributed by atoms with Crippen LogP contribution in [0.3, 0.4) is 0 Å². The normalized spacial score (nSPS) is 19.0. The molecule has 0 unspecified atom stereocenters. The summed E-state index contributed by atoms with van der Waals surface area (Å²) >= 11 is 1.64. The monoisotopic (exact) mass is 421 g/mol. The topological polar surface area (TPSA) is 64.2 Å². The lowest BCUT2D eigenvalue weighted by Gasteiger charge is -2.46. The second-order valence-electron chi connectivity index (χ2n) is 9.84. The van der Waals surface area contributed by atoms with E-state index < -0.39 is 0 Å². The Morgan fingerprint density at radius 2 is 1.83 bits per heavy atom. The molecule has 6 nitrogen and oxygen atoms in total. The highest BCUT2D eigenvalue weighted by atomic mass is 32.1. The Labute approximate surface area is 179 Å². The van der Waals surface area contributed by atoms with Gasteiger partial charge in [0, 0.05) is 52.4 Å². The molecule has 30 heavy (non-hydrogen) atoms. The lowest BCUT2D eigenvalue weighted by molar-refractivity contribution is 0.163. The number of aryl methyl sites for hydroxylation is 1. The molecule has 0 saturated carbocycles. The first-order chi connectivity index (χ1) is 14.1. The molecular formula is C23H27N5OS. The van der Waals surface area contributed by atoms with Gasteiger partial charge in [-0.25, -0.2) is 4.98 Å². The van der Waals surface area contributed by atoms with Gasteiger partial charge in [-0.1, -0.05) is 6.07 Å². The van der Waals surface area contributed by atoms with Gasteiger partial charge in [-0.05, 0) is 58.6 Å². The Morgan fingerprint density at radius 3 is 2.57 bits per heavy atom. The molecule has 4 heterocycles. The van der Waals surface area contributed by atoms with E-state index in [1.54, 1.807) is 26.5 Å². The zero-order valence-electron chi connectivity index (χ0n) is 18.1. The molecule has 0 atom stereocenters. The van der Waals surface area contributed by atoms with Crippen LogP contribution in [0.25, 0.3) is 27.1 Å². The van der Waals surface area contributed by atoms with Crippen molar-refractivity contribution in [3.05, 3.63) is 51.9 Å². The van der Waals surface area contributed by atoms with Crippen LogP contribution >= 0.6 is 11.3 Å². The number of fused-ring (bicyclic) bond motifs is 2. The average Bonchev–Trinajstić information content (AvgIpc) is 3.21. The van der Waals surface area contributed by atoms with Crippen molar-refractivity contribution in [2.24, 2.45) is 7.05 Å². The van der Waals surface area contributed by atoms with E-state index in [0.717, 1.165) is 34.3 Å². The summed E-state index contributed by atoms with van der Waals surface area (Å²) in [4.78, 5) is 19.7. The van der Waals surface area contributed by atoms with Crippen LogP contribution in [0.4, 0.5) is 0 Å². The maximum Gasteiger partial charge on any atom is 0.259 e. The van der Waals surface area contributed by atoms with E-state index in [1.807, 2.05) is 37.6 Å². The molecular weight excluding hydrogens is 394 g/mol. The molecule has 1 aliphatic rings. The molecule has 3 aromatic heterocycles. The fraction of sp³-hybridized carbons (Fsp3) is 0.435. The molecule has 7 heteroatoms. The fourth-order valence-electron chi connectivity index (χ4n) is 5.09. The van der Waals surface area contributed by atoms with Crippen molar-refractivity contribution >= 4 is 27.2 Å². The summed E-state index contributed by atoms with van der Waals surface area (Å²) < 4.78 is 3.50. The summed E-state index contributed by atoms with van der Waals surface area (Å²) in [6, 6.07) is 7.65. The number of nitrogens with one attached hydrogen (secondary N) is 1. The largest absolute Gasteiger partial charge is 0.307 e. The van der Waals surface area contributed by atoms with Crippen LogP contribution in [0.5, 0.6) is 0 Å². The van der Waals surface area contributed by atoms with Crippen molar-refractivity contribution < 1.29 is 0 Å². The van der Waals surface area contributed by atoms with Gasteiger partial charge in [0.25, 0.3) is 5.56 Å². The van der Waals surface area contributed by atoms with Gasteiger partial charge in [-0.3, -0.25) is 13.9 Å². The molecule has 0 radical (unpaired) electrons. The highest BCUT2D eigenvalue weighted by Gasteiger charge is 2.38. The highest BCUT2D eigenvalue weighted by molar-refractivity contribution is 7.17. The Balaban J connectivity index is 1.56. The zero-order chi connectivity index (χ0) is 21.3.